The van der Waals surface area contributed by atoms with Gasteiger partial charge in [-0.2, -0.15) is 5.26 Å². The van der Waals surface area contributed by atoms with Gasteiger partial charge in [0.05, 0.1) is 18.2 Å². The monoisotopic (exact) mass is 470 g/mol. The number of benzene rings is 1. The quantitative estimate of drug-likeness (QED) is 0.602. The lowest BCUT2D eigenvalue weighted by Gasteiger charge is -2.38. The summed E-state index contributed by atoms with van der Waals surface area (Å²) in [5.41, 5.74) is 1.43. The zero-order valence-corrected chi connectivity index (χ0v) is 19.5. The summed E-state index contributed by atoms with van der Waals surface area (Å²) >= 11 is -2.37. The van der Waals surface area contributed by atoms with Gasteiger partial charge in [0.25, 0.3) is 0 Å². The molecule has 4 aliphatic rings. The van der Waals surface area contributed by atoms with E-state index in [2.05, 4.69) is 15.7 Å². The first kappa shape index (κ1) is 22.3. The Morgan fingerprint density at radius 2 is 2.00 bits per heavy atom. The highest BCUT2D eigenvalue weighted by Gasteiger charge is 2.55. The molecule has 9 nitrogen and oxygen atoms in total. The van der Waals surface area contributed by atoms with Crippen LogP contribution in [0.3, 0.4) is 0 Å². The van der Waals surface area contributed by atoms with Crippen LogP contribution in [-0.4, -0.2) is 72.5 Å². The second kappa shape index (κ2) is 8.38. The van der Waals surface area contributed by atoms with Crippen molar-refractivity contribution in [3.05, 3.63) is 29.8 Å². The Hall–Kier alpha value is -2.48. The minimum Gasteiger partial charge on any atom is -0.755 e. The van der Waals surface area contributed by atoms with Gasteiger partial charge in [-0.3, -0.25) is 18.7 Å². The molecule has 1 N–H and O–H groups in total. The standard InChI is InChI=1S/C23H29N5O4S/c1-13(22(29)28-18(10-24)7-16-8-20(16)28)11-26-12-19-9-21(26)23(30)27(19)14(2)15-3-5-17(6-4-15)25-33(31)32/h3-6,13-14,16,18-21,25H,7-9,11-12H2,1-2H3,(H,31,32)/p-1/t13-,14-,16+,18-,19-,20?,21-/m0/s1. The van der Waals surface area contributed by atoms with Crippen molar-refractivity contribution >= 4 is 28.8 Å². The Labute approximate surface area is 196 Å². The number of amides is 2. The van der Waals surface area contributed by atoms with E-state index in [1.165, 1.54) is 0 Å². The largest absolute Gasteiger partial charge is 0.755 e. The number of nitrogens with one attached hydrogen (secondary N) is 1. The highest BCUT2D eigenvalue weighted by Crippen LogP contribution is 2.48. The molecule has 1 aliphatic carbocycles. The molecule has 2 bridgehead atoms. The molecule has 33 heavy (non-hydrogen) atoms. The van der Waals surface area contributed by atoms with Crippen LogP contribution in [0.15, 0.2) is 24.3 Å². The lowest BCUT2D eigenvalue weighted by molar-refractivity contribution is -0.142. The van der Waals surface area contributed by atoms with E-state index in [4.69, 9.17) is 0 Å². The van der Waals surface area contributed by atoms with Gasteiger partial charge in [0.1, 0.15) is 6.04 Å². The van der Waals surface area contributed by atoms with E-state index in [0.717, 1.165) is 31.4 Å². The SMILES string of the molecule is C[C@@H](CN1C[C@@H]2C[C@H]1C(=O)N2[C@@H](C)c1ccc(NS(=O)[O-])cc1)C(=O)N1C2C[C@H]2C[C@H]1C#N. The van der Waals surface area contributed by atoms with Gasteiger partial charge in [-0.1, -0.05) is 19.1 Å². The molecule has 3 aliphatic heterocycles. The van der Waals surface area contributed by atoms with Crippen LogP contribution in [-0.2, 0) is 20.9 Å². The Morgan fingerprint density at radius 3 is 2.64 bits per heavy atom. The normalized spacial score (nSPS) is 32.9. The number of hydrogen-bond donors (Lipinski definition) is 1. The van der Waals surface area contributed by atoms with Crippen LogP contribution in [0, 0.1) is 23.2 Å². The third-order valence-electron chi connectivity index (χ3n) is 7.76. The number of nitrogens with zero attached hydrogens (tertiary/aromatic N) is 4. The van der Waals surface area contributed by atoms with Crippen molar-refractivity contribution in [3.63, 3.8) is 0 Å². The molecule has 8 atom stereocenters. The Morgan fingerprint density at radius 1 is 1.27 bits per heavy atom. The second-order valence-corrected chi connectivity index (χ2v) is 10.5. The number of rotatable bonds is 7. The molecular formula is C23H28N5O4S-. The third kappa shape index (κ3) is 3.92. The number of nitriles is 1. The second-order valence-electron chi connectivity index (χ2n) is 9.83. The fourth-order valence-electron chi connectivity index (χ4n) is 6.06. The van der Waals surface area contributed by atoms with Crippen LogP contribution >= 0.6 is 0 Å². The summed E-state index contributed by atoms with van der Waals surface area (Å²) in [7, 11) is 0. The predicted octanol–water partition coefficient (Wildman–Crippen LogP) is 1.39. The zero-order valence-electron chi connectivity index (χ0n) is 18.7. The Kier molecular flexibility index (Phi) is 5.67. The summed E-state index contributed by atoms with van der Waals surface area (Å²) in [6.07, 6.45) is 2.57. The molecule has 1 saturated carbocycles. The van der Waals surface area contributed by atoms with Crippen LogP contribution in [0.5, 0.6) is 0 Å². The van der Waals surface area contributed by atoms with E-state index in [1.54, 1.807) is 17.0 Å². The molecule has 0 radical (unpaired) electrons. The molecule has 3 heterocycles. The summed E-state index contributed by atoms with van der Waals surface area (Å²) in [4.78, 5) is 32.2. The lowest BCUT2D eigenvalue weighted by Crippen LogP contribution is -2.53. The summed E-state index contributed by atoms with van der Waals surface area (Å²) in [5.74, 6) is 0.377. The first-order valence-electron chi connectivity index (χ1n) is 11.5. The topological polar surface area (TPSA) is 120 Å². The van der Waals surface area contributed by atoms with Gasteiger partial charge in [0.15, 0.2) is 0 Å². The molecule has 2 amide bonds. The van der Waals surface area contributed by atoms with Crippen molar-refractivity contribution in [1.29, 1.82) is 5.26 Å². The van der Waals surface area contributed by atoms with Crippen molar-refractivity contribution < 1.29 is 18.4 Å². The van der Waals surface area contributed by atoms with Crippen molar-refractivity contribution in [3.8, 4) is 6.07 Å². The smallest absolute Gasteiger partial charge is 0.240 e. The van der Waals surface area contributed by atoms with Gasteiger partial charge < -0.3 is 19.1 Å². The van der Waals surface area contributed by atoms with Gasteiger partial charge >= 0.3 is 0 Å². The third-order valence-corrected chi connectivity index (χ3v) is 8.17. The number of fused-ring (bicyclic) bond motifs is 3. The van der Waals surface area contributed by atoms with Gasteiger partial charge in [0, 0.05) is 48.0 Å². The van der Waals surface area contributed by atoms with Gasteiger partial charge in [-0.15, -0.1) is 0 Å². The van der Waals surface area contributed by atoms with Gasteiger partial charge in [0.2, 0.25) is 11.8 Å². The number of carbonyl (C=O) groups is 2. The molecule has 0 aromatic heterocycles. The molecule has 1 aromatic rings. The average molecular weight is 471 g/mol. The molecule has 176 valence electrons. The lowest BCUT2D eigenvalue weighted by atomic mass is 10.0. The van der Waals surface area contributed by atoms with Gasteiger partial charge in [-0.05, 0) is 49.8 Å². The summed E-state index contributed by atoms with van der Waals surface area (Å²) in [6, 6.07) is 9.05. The summed E-state index contributed by atoms with van der Waals surface area (Å²) in [5, 5.41) is 9.40. The van der Waals surface area contributed by atoms with E-state index in [0.29, 0.717) is 18.2 Å². The molecule has 3 saturated heterocycles. The number of carbonyl (C=O) groups excluding carboxylic acids is 2. The van der Waals surface area contributed by atoms with E-state index < -0.39 is 11.3 Å². The number of piperazine rings is 1. The van der Waals surface area contributed by atoms with Crippen LogP contribution in [0.4, 0.5) is 5.69 Å². The molecule has 1 aromatic carbocycles. The summed E-state index contributed by atoms with van der Waals surface area (Å²) < 4.78 is 23.9. The van der Waals surface area contributed by atoms with Crippen LogP contribution < -0.4 is 4.72 Å². The fourth-order valence-corrected chi connectivity index (χ4v) is 6.39. The van der Waals surface area contributed by atoms with E-state index in [9.17, 15) is 23.6 Å². The molecule has 5 rings (SSSR count). The van der Waals surface area contributed by atoms with Crippen molar-refractivity contribution in [2.24, 2.45) is 11.8 Å². The molecule has 4 fully saturated rings. The minimum atomic E-state index is -2.37. The maximum atomic E-state index is 13.2. The highest BCUT2D eigenvalue weighted by molar-refractivity contribution is 7.80. The van der Waals surface area contributed by atoms with Crippen molar-refractivity contribution in [1.82, 2.24) is 14.7 Å². The number of piperidine rings is 1. The first-order chi connectivity index (χ1) is 15.8. The predicted molar refractivity (Wildman–Crippen MR) is 120 cm³/mol. The highest BCUT2D eigenvalue weighted by atomic mass is 32.2. The van der Waals surface area contributed by atoms with E-state index >= 15 is 0 Å². The molecular weight excluding hydrogens is 442 g/mol. The molecule has 0 spiro atoms. The number of likely N-dealkylation sites (tertiary alicyclic amines) is 3. The van der Waals surface area contributed by atoms with Crippen molar-refractivity contribution in [2.45, 2.75) is 63.3 Å². The van der Waals surface area contributed by atoms with Crippen LogP contribution in [0.1, 0.15) is 44.7 Å². The average Bonchev–Trinajstić information content (AvgIpc) is 3.12. The van der Waals surface area contributed by atoms with Crippen LogP contribution in [0.25, 0.3) is 0 Å². The van der Waals surface area contributed by atoms with Crippen molar-refractivity contribution in [2.75, 3.05) is 17.8 Å². The van der Waals surface area contributed by atoms with E-state index in [-0.39, 0.29) is 47.9 Å². The van der Waals surface area contributed by atoms with Crippen LogP contribution in [0.2, 0.25) is 0 Å². The summed E-state index contributed by atoms with van der Waals surface area (Å²) in [6.45, 7) is 5.17. The van der Waals surface area contributed by atoms with Gasteiger partial charge in [-0.25, -0.2) is 0 Å². The van der Waals surface area contributed by atoms with E-state index in [1.807, 2.05) is 30.9 Å². The molecule has 10 heteroatoms. The zero-order chi connectivity index (χ0) is 23.4. The Bertz CT molecular complexity index is 1030. The first-order valence-corrected chi connectivity index (χ1v) is 12.6. The maximum absolute atomic E-state index is 13.2. The maximum Gasteiger partial charge on any atom is 0.240 e. The Balaban J connectivity index is 1.21. The number of anilines is 1. The minimum absolute atomic E-state index is 0.0414. The molecule has 2 unspecified atom stereocenters. The fraction of sp³-hybridized carbons (Fsp3) is 0.609. The number of hydrogen-bond acceptors (Lipinski definition) is 6.